The van der Waals surface area contributed by atoms with Crippen LogP contribution in [0.15, 0.2) is 0 Å². The maximum Gasteiger partial charge on any atom is 0.266 e. The second kappa shape index (κ2) is 7.39. The lowest BCUT2D eigenvalue weighted by molar-refractivity contribution is 0.188. The summed E-state index contributed by atoms with van der Waals surface area (Å²) in [7, 11) is 0.658. The maximum absolute atomic E-state index is 10.6. The van der Waals surface area contributed by atoms with Crippen LogP contribution in [0.25, 0.3) is 0 Å². The van der Waals surface area contributed by atoms with E-state index in [2.05, 4.69) is 11.3 Å². The average molecular weight is 162 g/mol. The Morgan fingerprint density at radius 2 is 2.40 bits per heavy atom. The van der Waals surface area contributed by atoms with Gasteiger partial charge in [0.2, 0.25) is 8.03 Å². The Kier molecular flexibility index (Phi) is 7.59. The zero-order chi connectivity index (χ0) is 7.82. The van der Waals surface area contributed by atoms with E-state index in [0.29, 0.717) is 6.61 Å². The van der Waals surface area contributed by atoms with Gasteiger partial charge < -0.3 is 9.18 Å². The molecule has 0 aliphatic heterocycles. The molecule has 0 radical (unpaired) electrons. The van der Waals surface area contributed by atoms with Gasteiger partial charge in [0.1, 0.15) is 13.6 Å². The van der Waals surface area contributed by atoms with Crippen molar-refractivity contribution in [1.29, 1.82) is 0 Å². The van der Waals surface area contributed by atoms with Gasteiger partial charge in [-0.2, -0.15) is 0 Å². The minimum Gasteiger partial charge on any atom is -0.399 e. The number of hydrogen-bond donors (Lipinski definition) is 0. The predicted octanol–water partition coefficient (Wildman–Crippen LogP) is -0.0972. The molecule has 0 heterocycles. The van der Waals surface area contributed by atoms with E-state index < -0.39 is 8.03 Å². The zero-order valence-electron chi connectivity index (χ0n) is 6.55. The van der Waals surface area contributed by atoms with Crippen molar-refractivity contribution >= 4 is 23.4 Å². The van der Waals surface area contributed by atoms with Gasteiger partial charge in [0.15, 0.2) is 0 Å². The zero-order valence-corrected chi connectivity index (χ0v) is 7.55. The van der Waals surface area contributed by atoms with Gasteiger partial charge in [-0.25, -0.2) is 0 Å². The highest BCUT2D eigenvalue weighted by Crippen LogP contribution is 2.18. The van der Waals surface area contributed by atoms with E-state index in [9.17, 15) is 4.57 Å². The fourth-order valence-corrected chi connectivity index (χ4v) is 0.890. The molecule has 0 aliphatic rings. The number of ether oxygens (including phenoxy) is 1. The molecule has 0 aliphatic carbocycles. The summed E-state index contributed by atoms with van der Waals surface area (Å²) in [4.78, 5) is 0. The van der Waals surface area contributed by atoms with E-state index in [1.165, 1.54) is 8.05 Å². The molecule has 1 unspecified atom stereocenters. The highest BCUT2D eigenvalue weighted by molar-refractivity contribution is 7.39. The van der Waals surface area contributed by atoms with Crippen molar-refractivity contribution in [3.05, 3.63) is 0 Å². The fraction of sp³-hybridized carbons (Fsp3) is 1.00. The normalized spacial score (nSPS) is 12.9. The van der Waals surface area contributed by atoms with Crippen molar-refractivity contribution in [1.82, 2.24) is 0 Å². The van der Waals surface area contributed by atoms with E-state index in [0.717, 1.165) is 13.6 Å². The highest BCUT2D eigenvalue weighted by atomic mass is 31.1. The maximum atomic E-state index is 10.6. The Morgan fingerprint density at radius 3 is 2.90 bits per heavy atom. The molecule has 0 fully saturated rings. The molecule has 6 heteroatoms. The standard InChI is InChI=1S/C4H13B2O3P/c1-6-2-3-8-4-10(7)9-5/h6,10H,2-5H2,1H3. The van der Waals surface area contributed by atoms with Gasteiger partial charge in [-0.1, -0.05) is 13.1 Å². The Labute approximate surface area is 64.0 Å². The van der Waals surface area contributed by atoms with Crippen LogP contribution in [0.5, 0.6) is 0 Å². The molecule has 10 heavy (non-hydrogen) atoms. The summed E-state index contributed by atoms with van der Waals surface area (Å²) in [5.41, 5.74) is 0. The van der Waals surface area contributed by atoms with Gasteiger partial charge in [-0.3, -0.25) is 4.57 Å². The molecule has 0 amide bonds. The van der Waals surface area contributed by atoms with Crippen LogP contribution < -0.4 is 0 Å². The molecule has 0 bridgehead atoms. The van der Waals surface area contributed by atoms with Crippen LogP contribution in [0.4, 0.5) is 0 Å². The topological polar surface area (TPSA) is 35.5 Å². The summed E-state index contributed by atoms with van der Waals surface area (Å²) in [5, 5.41) is 0. The molecule has 0 rings (SSSR count). The third kappa shape index (κ3) is 6.40. The second-order valence-electron chi connectivity index (χ2n) is 1.98. The van der Waals surface area contributed by atoms with Gasteiger partial charge in [0, 0.05) is 6.61 Å². The summed E-state index contributed by atoms with van der Waals surface area (Å²) < 4.78 is 20.2. The van der Waals surface area contributed by atoms with E-state index >= 15 is 0 Å². The van der Waals surface area contributed by atoms with Gasteiger partial charge in [-0.15, -0.1) is 0 Å². The van der Waals surface area contributed by atoms with Gasteiger partial charge >= 0.3 is 0 Å². The third-order valence-electron chi connectivity index (χ3n) is 1.09. The molecule has 0 aromatic rings. The highest BCUT2D eigenvalue weighted by Gasteiger charge is 1.94. The third-order valence-corrected chi connectivity index (χ3v) is 1.98. The van der Waals surface area contributed by atoms with Crippen molar-refractivity contribution < 1.29 is 13.7 Å². The Hall–Kier alpha value is 0.280. The first kappa shape index (κ1) is 10.3. The van der Waals surface area contributed by atoms with Gasteiger partial charge in [-0.05, 0) is 0 Å². The molecule has 1 atom stereocenters. The van der Waals surface area contributed by atoms with Crippen LogP contribution in [0, 0.1) is 0 Å². The fourth-order valence-electron chi connectivity index (χ4n) is 0.461. The van der Waals surface area contributed by atoms with Crippen LogP contribution in [0.1, 0.15) is 0 Å². The van der Waals surface area contributed by atoms with Crippen molar-refractivity contribution in [3.63, 3.8) is 0 Å². The molecular weight excluding hydrogens is 149 g/mol. The van der Waals surface area contributed by atoms with Crippen LogP contribution in [0.2, 0.25) is 13.1 Å². The minimum absolute atomic E-state index is 0.265. The summed E-state index contributed by atoms with van der Waals surface area (Å²) in [6.07, 6.45) is 1.29. The first-order valence-corrected chi connectivity index (χ1v) is 4.98. The first-order valence-electron chi connectivity index (χ1n) is 3.45. The molecule has 0 saturated carbocycles. The quantitative estimate of drug-likeness (QED) is 0.310. The molecule has 0 aromatic carbocycles. The minimum atomic E-state index is -1.88. The smallest absolute Gasteiger partial charge is 0.266 e. The van der Waals surface area contributed by atoms with E-state index in [4.69, 9.17) is 4.74 Å². The molecular formula is C4H13B2O3P. The lowest BCUT2D eigenvalue weighted by atomic mass is 9.79. The summed E-state index contributed by atoms with van der Waals surface area (Å²) in [6.45, 7) is 2.78. The van der Waals surface area contributed by atoms with E-state index in [-0.39, 0.29) is 6.35 Å². The van der Waals surface area contributed by atoms with Crippen molar-refractivity contribution in [2.24, 2.45) is 0 Å². The van der Waals surface area contributed by atoms with E-state index in [1.54, 1.807) is 0 Å². The SMILES string of the molecule is BO[PH](=O)COCCBC. The molecule has 0 saturated heterocycles. The molecule has 3 nitrogen and oxygen atoms in total. The largest absolute Gasteiger partial charge is 0.399 e. The van der Waals surface area contributed by atoms with E-state index in [1.807, 2.05) is 0 Å². The molecule has 58 valence electrons. The Balaban J connectivity index is 2.96. The Morgan fingerprint density at radius 1 is 1.70 bits per heavy atom. The van der Waals surface area contributed by atoms with Crippen LogP contribution >= 0.6 is 8.03 Å². The van der Waals surface area contributed by atoms with Crippen molar-refractivity contribution in [2.45, 2.75) is 13.1 Å². The van der Waals surface area contributed by atoms with Crippen LogP contribution in [-0.4, -0.2) is 28.3 Å². The number of rotatable bonds is 6. The monoisotopic (exact) mass is 162 g/mol. The lowest BCUT2D eigenvalue weighted by Gasteiger charge is -2.00. The average Bonchev–Trinajstić information content (AvgIpc) is 1.98. The summed E-state index contributed by atoms with van der Waals surface area (Å²) in [5.74, 6) is 0. The van der Waals surface area contributed by atoms with Crippen molar-refractivity contribution in [3.8, 4) is 0 Å². The number of hydrogen-bond acceptors (Lipinski definition) is 3. The van der Waals surface area contributed by atoms with Crippen LogP contribution in [0.3, 0.4) is 0 Å². The van der Waals surface area contributed by atoms with Crippen molar-refractivity contribution in [2.75, 3.05) is 13.0 Å². The Bertz CT molecular complexity index is 101. The second-order valence-corrected chi connectivity index (χ2v) is 3.42. The van der Waals surface area contributed by atoms with Gasteiger partial charge in [0.05, 0.1) is 0 Å². The van der Waals surface area contributed by atoms with Gasteiger partial charge in [0.25, 0.3) is 8.05 Å². The lowest BCUT2D eigenvalue weighted by Crippen LogP contribution is -1.95. The first-order chi connectivity index (χ1) is 4.81. The molecule has 0 N–H and O–H groups in total. The predicted molar refractivity (Wildman–Crippen MR) is 47.3 cm³/mol. The van der Waals surface area contributed by atoms with Crippen LogP contribution in [-0.2, 0) is 13.7 Å². The molecule has 0 aromatic heterocycles. The summed E-state index contributed by atoms with van der Waals surface area (Å²) in [6, 6.07) is 0. The summed E-state index contributed by atoms with van der Waals surface area (Å²) >= 11 is 0. The molecule has 0 spiro atoms.